The van der Waals surface area contributed by atoms with Crippen molar-refractivity contribution in [1.29, 1.82) is 0 Å². The lowest BCUT2D eigenvalue weighted by Crippen LogP contribution is -2.35. The highest BCUT2D eigenvalue weighted by atomic mass is 35.5. The molecule has 0 saturated carbocycles. The molecule has 0 atom stereocenters. The fourth-order valence-corrected chi connectivity index (χ4v) is 5.68. The first-order chi connectivity index (χ1) is 13.3. The number of hydrogen-bond donors (Lipinski definition) is 1. The number of halogens is 1. The van der Waals surface area contributed by atoms with Crippen LogP contribution >= 0.6 is 22.9 Å². The molecule has 0 unspecified atom stereocenters. The minimum atomic E-state index is -3.28. The highest BCUT2D eigenvalue weighted by Crippen LogP contribution is 2.19. The van der Waals surface area contributed by atoms with Crippen LogP contribution in [-0.4, -0.2) is 42.6 Å². The van der Waals surface area contributed by atoms with E-state index in [1.807, 2.05) is 31.2 Å². The Labute approximate surface area is 176 Å². The van der Waals surface area contributed by atoms with Crippen molar-refractivity contribution in [3.05, 3.63) is 56.7 Å². The summed E-state index contributed by atoms with van der Waals surface area (Å²) in [6, 6.07) is 11.0. The molecular weight excluding hydrogens is 418 g/mol. The van der Waals surface area contributed by atoms with Gasteiger partial charge in [0.05, 0.1) is 5.75 Å². The monoisotopic (exact) mass is 443 g/mol. The molecule has 8 heteroatoms. The van der Waals surface area contributed by atoms with E-state index in [0.29, 0.717) is 42.3 Å². The van der Waals surface area contributed by atoms with Gasteiger partial charge in [0.25, 0.3) is 0 Å². The van der Waals surface area contributed by atoms with Crippen molar-refractivity contribution < 1.29 is 18.3 Å². The Kier molecular flexibility index (Phi) is 8.95. The first kappa shape index (κ1) is 22.9. The van der Waals surface area contributed by atoms with Crippen LogP contribution in [0.3, 0.4) is 0 Å². The maximum Gasteiger partial charge on any atom is 0.345 e. The third-order valence-corrected chi connectivity index (χ3v) is 7.76. The number of carboxylic acid groups (broad SMARTS) is 1. The predicted octanol–water partition coefficient (Wildman–Crippen LogP) is 4.71. The second kappa shape index (κ2) is 11.0. The fourth-order valence-electron chi connectivity index (χ4n) is 2.99. The van der Waals surface area contributed by atoms with Crippen molar-refractivity contribution in [2.45, 2.75) is 39.0 Å². The summed E-state index contributed by atoms with van der Waals surface area (Å²) in [5.41, 5.74) is 1.10. The van der Waals surface area contributed by atoms with E-state index in [4.69, 9.17) is 16.7 Å². The van der Waals surface area contributed by atoms with Gasteiger partial charge in [0.1, 0.15) is 4.88 Å². The zero-order chi connectivity index (χ0) is 20.6. The number of nitrogens with zero attached hydrogens (tertiary/aromatic N) is 1. The predicted molar refractivity (Wildman–Crippen MR) is 115 cm³/mol. The smallest absolute Gasteiger partial charge is 0.345 e. The van der Waals surface area contributed by atoms with Crippen LogP contribution in [0.1, 0.15) is 46.3 Å². The minimum absolute atomic E-state index is 0.145. The molecule has 1 N–H and O–H groups in total. The maximum absolute atomic E-state index is 12.6. The van der Waals surface area contributed by atoms with Crippen molar-refractivity contribution in [3.63, 3.8) is 0 Å². The van der Waals surface area contributed by atoms with Gasteiger partial charge in [-0.1, -0.05) is 30.7 Å². The number of aryl methyl sites for hydroxylation is 2. The molecule has 0 spiro atoms. The van der Waals surface area contributed by atoms with E-state index in [9.17, 15) is 13.2 Å². The van der Waals surface area contributed by atoms with Crippen LogP contribution in [0.5, 0.6) is 0 Å². The van der Waals surface area contributed by atoms with Gasteiger partial charge in [-0.15, -0.1) is 11.3 Å². The molecule has 28 heavy (non-hydrogen) atoms. The standard InChI is InChI=1S/C20H26ClNO4S2/c1-2-14-28(25,26)22(12-4-7-16-6-3-8-17(21)15-16)13-5-9-18-10-11-19(27-18)20(23)24/h3,6,8,10-11,15H,2,4-5,7,9,12-14H2,1H3,(H,23,24). The Bertz CT molecular complexity index is 880. The average molecular weight is 444 g/mol. The lowest BCUT2D eigenvalue weighted by atomic mass is 10.1. The van der Waals surface area contributed by atoms with E-state index < -0.39 is 16.0 Å². The highest BCUT2D eigenvalue weighted by molar-refractivity contribution is 7.89. The largest absolute Gasteiger partial charge is 0.477 e. The van der Waals surface area contributed by atoms with Crippen molar-refractivity contribution in [3.8, 4) is 0 Å². The van der Waals surface area contributed by atoms with Crippen molar-refractivity contribution >= 4 is 38.9 Å². The van der Waals surface area contributed by atoms with Gasteiger partial charge >= 0.3 is 5.97 Å². The molecule has 0 fully saturated rings. The lowest BCUT2D eigenvalue weighted by Gasteiger charge is -2.22. The number of thiophene rings is 1. The summed E-state index contributed by atoms with van der Waals surface area (Å²) in [6.07, 6.45) is 3.42. The Morgan fingerprint density at radius 3 is 2.46 bits per heavy atom. The number of sulfonamides is 1. The Morgan fingerprint density at radius 2 is 1.86 bits per heavy atom. The molecular formula is C20H26ClNO4S2. The lowest BCUT2D eigenvalue weighted by molar-refractivity contribution is 0.0702. The summed E-state index contributed by atoms with van der Waals surface area (Å²) in [5, 5.41) is 9.69. The molecule has 1 aromatic heterocycles. The zero-order valence-corrected chi connectivity index (χ0v) is 18.3. The molecule has 2 rings (SSSR count). The number of hydrogen-bond acceptors (Lipinski definition) is 4. The van der Waals surface area contributed by atoms with Crippen LogP contribution in [0.2, 0.25) is 5.02 Å². The zero-order valence-electron chi connectivity index (χ0n) is 15.9. The highest BCUT2D eigenvalue weighted by Gasteiger charge is 2.20. The van der Waals surface area contributed by atoms with E-state index >= 15 is 0 Å². The third kappa shape index (κ3) is 7.20. The Balaban J connectivity index is 1.91. The van der Waals surface area contributed by atoms with Gasteiger partial charge in [0.2, 0.25) is 10.0 Å². The van der Waals surface area contributed by atoms with Gasteiger partial charge in [0.15, 0.2) is 0 Å². The van der Waals surface area contributed by atoms with Crippen molar-refractivity contribution in [2.75, 3.05) is 18.8 Å². The summed E-state index contributed by atoms with van der Waals surface area (Å²) < 4.78 is 26.8. The van der Waals surface area contributed by atoms with E-state index in [1.54, 1.807) is 16.4 Å². The van der Waals surface area contributed by atoms with Crippen molar-refractivity contribution in [1.82, 2.24) is 4.31 Å². The van der Waals surface area contributed by atoms with Gasteiger partial charge in [-0.3, -0.25) is 0 Å². The van der Waals surface area contributed by atoms with Crippen LogP contribution in [0.15, 0.2) is 36.4 Å². The van der Waals surface area contributed by atoms with Gasteiger partial charge in [-0.05, 0) is 61.9 Å². The van der Waals surface area contributed by atoms with Gasteiger partial charge in [-0.2, -0.15) is 0 Å². The Hall–Kier alpha value is -1.41. The molecule has 0 radical (unpaired) electrons. The van der Waals surface area contributed by atoms with Gasteiger partial charge in [-0.25, -0.2) is 17.5 Å². The number of carbonyl (C=O) groups is 1. The van der Waals surface area contributed by atoms with Crippen LogP contribution in [0.25, 0.3) is 0 Å². The molecule has 2 aromatic rings. The van der Waals surface area contributed by atoms with E-state index in [-0.39, 0.29) is 5.75 Å². The van der Waals surface area contributed by atoms with Crippen LogP contribution in [-0.2, 0) is 22.9 Å². The topological polar surface area (TPSA) is 74.7 Å². The molecule has 1 heterocycles. The number of carboxylic acids is 1. The second-order valence-electron chi connectivity index (χ2n) is 6.62. The van der Waals surface area contributed by atoms with Crippen molar-refractivity contribution in [2.24, 2.45) is 0 Å². The van der Waals surface area contributed by atoms with Crippen LogP contribution < -0.4 is 0 Å². The quantitative estimate of drug-likeness (QED) is 0.515. The first-order valence-electron chi connectivity index (χ1n) is 9.36. The van der Waals surface area contributed by atoms with Crippen LogP contribution in [0.4, 0.5) is 0 Å². The van der Waals surface area contributed by atoms with Gasteiger partial charge in [0, 0.05) is 23.0 Å². The molecule has 154 valence electrons. The summed E-state index contributed by atoms with van der Waals surface area (Å²) in [7, 11) is -3.28. The molecule has 0 amide bonds. The third-order valence-electron chi connectivity index (χ3n) is 4.32. The maximum atomic E-state index is 12.6. The molecule has 0 bridgehead atoms. The normalized spacial score (nSPS) is 11.8. The molecule has 5 nitrogen and oxygen atoms in total. The van der Waals surface area contributed by atoms with E-state index in [0.717, 1.165) is 23.3 Å². The summed E-state index contributed by atoms with van der Waals surface area (Å²) in [4.78, 5) is 12.2. The fraction of sp³-hybridized carbons (Fsp3) is 0.450. The molecule has 1 aromatic carbocycles. The van der Waals surface area contributed by atoms with Gasteiger partial charge < -0.3 is 5.11 Å². The Morgan fingerprint density at radius 1 is 1.14 bits per heavy atom. The number of benzene rings is 1. The van der Waals surface area contributed by atoms with E-state index in [1.165, 1.54) is 11.3 Å². The summed E-state index contributed by atoms with van der Waals surface area (Å²) in [6.45, 7) is 2.78. The average Bonchev–Trinajstić information content (AvgIpc) is 3.09. The molecule has 0 saturated heterocycles. The first-order valence-corrected chi connectivity index (χ1v) is 12.2. The second-order valence-corrected chi connectivity index (χ2v) is 10.3. The number of aromatic carboxylic acids is 1. The van der Waals surface area contributed by atoms with Crippen LogP contribution in [0, 0.1) is 0 Å². The van der Waals surface area contributed by atoms with E-state index in [2.05, 4.69) is 0 Å². The minimum Gasteiger partial charge on any atom is -0.477 e. The summed E-state index contributed by atoms with van der Waals surface area (Å²) in [5.74, 6) is -0.781. The SMILES string of the molecule is CCCS(=O)(=O)N(CCCc1cccc(Cl)c1)CCCc1ccc(C(=O)O)s1. The number of rotatable bonds is 12. The molecule has 0 aliphatic carbocycles. The molecule has 0 aliphatic heterocycles. The molecule has 0 aliphatic rings. The summed E-state index contributed by atoms with van der Waals surface area (Å²) >= 11 is 7.25.